The molecule has 23 heavy (non-hydrogen) atoms. The summed E-state index contributed by atoms with van der Waals surface area (Å²) >= 11 is 0. The molecule has 0 fully saturated rings. The van der Waals surface area contributed by atoms with E-state index in [2.05, 4.69) is 5.32 Å². The number of nitrogens with one attached hydrogen (secondary N) is 1. The molecule has 0 aliphatic heterocycles. The van der Waals surface area contributed by atoms with Gasteiger partial charge in [-0.2, -0.15) is 0 Å². The van der Waals surface area contributed by atoms with E-state index in [1.54, 1.807) is 24.3 Å². The molecule has 0 atom stereocenters. The van der Waals surface area contributed by atoms with Crippen LogP contribution in [0.2, 0.25) is 0 Å². The topological polar surface area (TPSA) is 73.5 Å². The molecule has 0 radical (unpaired) electrons. The normalized spacial score (nSPS) is 10.6. The van der Waals surface area contributed by atoms with Crippen LogP contribution >= 0.6 is 0 Å². The third-order valence-corrected chi connectivity index (χ3v) is 3.31. The average molecular weight is 312 g/mol. The number of benzene rings is 2. The Morgan fingerprint density at radius 2 is 1.83 bits per heavy atom. The third kappa shape index (κ3) is 3.60. The number of nitrogens with zero attached hydrogens (tertiary/aromatic N) is 1. The molecule has 1 heterocycles. The Bertz CT molecular complexity index is 852. The maximum Gasteiger partial charge on any atom is 0.420 e. The van der Waals surface area contributed by atoms with Gasteiger partial charge >= 0.3 is 5.76 Å². The van der Waals surface area contributed by atoms with Gasteiger partial charge in [-0.15, -0.1) is 0 Å². The zero-order valence-corrected chi connectivity index (χ0v) is 12.4. The summed E-state index contributed by atoms with van der Waals surface area (Å²) < 4.78 is 11.9. The first kappa shape index (κ1) is 14.9. The number of ether oxygens (including phenoxy) is 1. The fourth-order valence-electron chi connectivity index (χ4n) is 2.24. The zero-order chi connectivity index (χ0) is 16.1. The molecule has 0 saturated heterocycles. The molecule has 1 N–H and O–H groups in total. The van der Waals surface area contributed by atoms with E-state index in [9.17, 15) is 9.59 Å². The Morgan fingerprint density at radius 1 is 1.09 bits per heavy atom. The minimum Gasteiger partial charge on any atom is -0.492 e. The quantitative estimate of drug-likeness (QED) is 0.704. The molecule has 1 aromatic heterocycles. The van der Waals surface area contributed by atoms with Crippen LogP contribution in [0.3, 0.4) is 0 Å². The van der Waals surface area contributed by atoms with E-state index in [4.69, 9.17) is 9.15 Å². The van der Waals surface area contributed by atoms with Crippen LogP contribution in [-0.2, 0) is 11.3 Å². The number of hydrogen-bond acceptors (Lipinski definition) is 4. The number of fused-ring (bicyclic) bond motifs is 1. The lowest BCUT2D eigenvalue weighted by atomic mass is 10.3. The second kappa shape index (κ2) is 6.83. The summed E-state index contributed by atoms with van der Waals surface area (Å²) in [7, 11) is 0. The van der Waals surface area contributed by atoms with Crippen molar-refractivity contribution in [3.05, 3.63) is 65.1 Å². The molecule has 118 valence electrons. The van der Waals surface area contributed by atoms with Crippen molar-refractivity contribution in [1.82, 2.24) is 9.88 Å². The number of aromatic nitrogens is 1. The SMILES string of the molecule is O=C(Cn1c(=O)oc2ccccc21)NCCOc1ccccc1. The molecule has 6 nitrogen and oxygen atoms in total. The van der Waals surface area contributed by atoms with Gasteiger partial charge in [0.15, 0.2) is 5.58 Å². The van der Waals surface area contributed by atoms with Crippen LogP contribution in [0.1, 0.15) is 0 Å². The van der Waals surface area contributed by atoms with Gasteiger partial charge in [-0.1, -0.05) is 30.3 Å². The molecule has 0 unspecified atom stereocenters. The van der Waals surface area contributed by atoms with Gasteiger partial charge in [0.1, 0.15) is 18.9 Å². The standard InChI is InChI=1S/C17H16N2O4/c20-16(18-10-11-22-13-6-2-1-3-7-13)12-19-14-8-4-5-9-15(14)23-17(19)21/h1-9H,10-12H2,(H,18,20). The maximum absolute atomic E-state index is 11.9. The van der Waals surface area contributed by atoms with E-state index >= 15 is 0 Å². The predicted octanol–water partition coefficient (Wildman–Crippen LogP) is 1.79. The number of carbonyl (C=O) groups is 1. The van der Waals surface area contributed by atoms with Crippen molar-refractivity contribution in [1.29, 1.82) is 0 Å². The van der Waals surface area contributed by atoms with E-state index in [-0.39, 0.29) is 12.5 Å². The molecule has 0 aliphatic rings. The molecule has 2 aromatic carbocycles. The average Bonchev–Trinajstić information content (AvgIpc) is 2.88. The molecule has 0 aliphatic carbocycles. The number of oxazole rings is 1. The highest BCUT2D eigenvalue weighted by atomic mass is 16.5. The number of para-hydroxylation sites is 3. The summed E-state index contributed by atoms with van der Waals surface area (Å²) in [5.74, 6) is -0.0593. The minimum absolute atomic E-state index is 0.0822. The number of amides is 1. The van der Waals surface area contributed by atoms with Gasteiger partial charge < -0.3 is 14.5 Å². The summed E-state index contributed by atoms with van der Waals surface area (Å²) in [5.41, 5.74) is 1.07. The van der Waals surface area contributed by atoms with Gasteiger partial charge in [0.2, 0.25) is 5.91 Å². The van der Waals surface area contributed by atoms with E-state index in [1.807, 2.05) is 30.3 Å². The van der Waals surface area contributed by atoms with E-state index in [0.717, 1.165) is 5.75 Å². The second-order valence-electron chi connectivity index (χ2n) is 4.93. The van der Waals surface area contributed by atoms with Gasteiger partial charge in [0.25, 0.3) is 0 Å². The molecule has 0 spiro atoms. The third-order valence-electron chi connectivity index (χ3n) is 3.31. The van der Waals surface area contributed by atoms with Gasteiger partial charge in [0, 0.05) is 0 Å². The number of rotatable bonds is 6. The van der Waals surface area contributed by atoms with Crippen LogP contribution < -0.4 is 15.8 Å². The lowest BCUT2D eigenvalue weighted by molar-refractivity contribution is -0.121. The monoisotopic (exact) mass is 312 g/mol. The Kier molecular flexibility index (Phi) is 4.42. The summed E-state index contributed by atoms with van der Waals surface area (Å²) in [6, 6.07) is 16.4. The Labute approximate surface area is 132 Å². The zero-order valence-electron chi connectivity index (χ0n) is 12.4. The van der Waals surface area contributed by atoms with Crippen molar-refractivity contribution in [3.63, 3.8) is 0 Å². The van der Waals surface area contributed by atoms with Gasteiger partial charge in [-0.25, -0.2) is 4.79 Å². The Morgan fingerprint density at radius 3 is 2.65 bits per heavy atom. The fourth-order valence-corrected chi connectivity index (χ4v) is 2.24. The summed E-state index contributed by atoms with van der Waals surface area (Å²) in [5, 5.41) is 2.72. The summed E-state index contributed by atoms with van der Waals surface area (Å²) in [6.45, 7) is 0.635. The summed E-state index contributed by atoms with van der Waals surface area (Å²) in [6.07, 6.45) is 0. The largest absolute Gasteiger partial charge is 0.492 e. The van der Waals surface area contributed by atoms with E-state index in [1.165, 1.54) is 4.57 Å². The van der Waals surface area contributed by atoms with Gasteiger partial charge in [0.05, 0.1) is 12.1 Å². The predicted molar refractivity (Wildman–Crippen MR) is 85.4 cm³/mol. The Balaban J connectivity index is 1.53. The Hall–Kier alpha value is -3.02. The molecule has 3 aromatic rings. The van der Waals surface area contributed by atoms with Crippen LogP contribution in [0.25, 0.3) is 11.1 Å². The van der Waals surface area contributed by atoms with E-state index in [0.29, 0.717) is 24.3 Å². The molecule has 0 saturated carbocycles. The van der Waals surface area contributed by atoms with Crippen LogP contribution in [0.5, 0.6) is 5.75 Å². The highest BCUT2D eigenvalue weighted by Crippen LogP contribution is 2.11. The number of hydrogen-bond donors (Lipinski definition) is 1. The highest BCUT2D eigenvalue weighted by Gasteiger charge is 2.11. The van der Waals surface area contributed by atoms with Crippen LogP contribution in [0.15, 0.2) is 63.8 Å². The first-order chi connectivity index (χ1) is 11.2. The van der Waals surface area contributed by atoms with Crippen LogP contribution in [0, 0.1) is 0 Å². The second-order valence-corrected chi connectivity index (χ2v) is 4.93. The van der Waals surface area contributed by atoms with Crippen molar-refractivity contribution in [2.75, 3.05) is 13.2 Å². The molecule has 1 amide bonds. The van der Waals surface area contributed by atoms with E-state index < -0.39 is 5.76 Å². The molecule has 6 heteroatoms. The number of carbonyl (C=O) groups excluding carboxylic acids is 1. The van der Waals surface area contributed by atoms with Crippen molar-refractivity contribution < 1.29 is 13.9 Å². The van der Waals surface area contributed by atoms with Crippen molar-refractivity contribution in [2.45, 2.75) is 6.54 Å². The van der Waals surface area contributed by atoms with Gasteiger partial charge in [-0.3, -0.25) is 9.36 Å². The summed E-state index contributed by atoms with van der Waals surface area (Å²) in [4.78, 5) is 23.7. The molecule has 3 rings (SSSR count). The molecule has 0 bridgehead atoms. The van der Waals surface area contributed by atoms with Crippen LogP contribution in [0.4, 0.5) is 0 Å². The maximum atomic E-state index is 11.9. The highest BCUT2D eigenvalue weighted by molar-refractivity contribution is 5.79. The molecular weight excluding hydrogens is 296 g/mol. The van der Waals surface area contributed by atoms with Crippen LogP contribution in [-0.4, -0.2) is 23.6 Å². The fraction of sp³-hybridized carbons (Fsp3) is 0.176. The lowest BCUT2D eigenvalue weighted by Gasteiger charge is -2.07. The van der Waals surface area contributed by atoms with Gasteiger partial charge in [-0.05, 0) is 24.3 Å². The van der Waals surface area contributed by atoms with Crippen molar-refractivity contribution in [3.8, 4) is 5.75 Å². The minimum atomic E-state index is -0.540. The smallest absolute Gasteiger partial charge is 0.420 e. The first-order valence-corrected chi connectivity index (χ1v) is 7.27. The van der Waals surface area contributed by atoms with Crippen molar-refractivity contribution >= 4 is 17.0 Å². The molecular formula is C17H16N2O4. The first-order valence-electron chi connectivity index (χ1n) is 7.27. The van der Waals surface area contributed by atoms with Crippen molar-refractivity contribution in [2.24, 2.45) is 0 Å². The lowest BCUT2D eigenvalue weighted by Crippen LogP contribution is -2.33.